The SMILES string of the molecule is CNC(COC(C)C)C(OC)C(C)C. The van der Waals surface area contributed by atoms with Crippen molar-refractivity contribution in [1.82, 2.24) is 5.32 Å². The third-order valence-electron chi connectivity index (χ3n) is 2.31. The van der Waals surface area contributed by atoms with Crippen LogP contribution in [-0.2, 0) is 9.47 Å². The number of methoxy groups -OCH3 is 1. The Morgan fingerprint density at radius 3 is 2.00 bits per heavy atom. The fraction of sp³-hybridized carbons (Fsp3) is 1.00. The molecule has 3 heteroatoms. The first-order valence-electron chi connectivity index (χ1n) is 5.34. The molecule has 0 rings (SSSR count). The zero-order valence-corrected chi connectivity index (χ0v) is 10.3. The van der Waals surface area contributed by atoms with Gasteiger partial charge in [0.25, 0.3) is 0 Å². The second-order valence-electron chi connectivity index (χ2n) is 4.22. The molecule has 0 fully saturated rings. The van der Waals surface area contributed by atoms with E-state index in [4.69, 9.17) is 9.47 Å². The molecule has 0 radical (unpaired) electrons. The van der Waals surface area contributed by atoms with Crippen LogP contribution in [0.25, 0.3) is 0 Å². The number of hydrogen-bond donors (Lipinski definition) is 1. The largest absolute Gasteiger partial charge is 0.379 e. The van der Waals surface area contributed by atoms with Crippen LogP contribution in [0.5, 0.6) is 0 Å². The van der Waals surface area contributed by atoms with Gasteiger partial charge in [0.15, 0.2) is 0 Å². The molecule has 0 aromatic rings. The van der Waals surface area contributed by atoms with Gasteiger partial charge in [-0.05, 0) is 26.8 Å². The van der Waals surface area contributed by atoms with Crippen LogP contribution in [0.3, 0.4) is 0 Å². The third kappa shape index (κ3) is 4.94. The third-order valence-corrected chi connectivity index (χ3v) is 2.31. The van der Waals surface area contributed by atoms with Gasteiger partial charge in [-0.15, -0.1) is 0 Å². The van der Waals surface area contributed by atoms with Crippen molar-refractivity contribution in [2.75, 3.05) is 20.8 Å². The molecule has 86 valence electrons. The van der Waals surface area contributed by atoms with Gasteiger partial charge in [0.05, 0.1) is 24.9 Å². The fourth-order valence-electron chi connectivity index (χ4n) is 1.54. The highest BCUT2D eigenvalue weighted by molar-refractivity contribution is 4.78. The first-order chi connectivity index (χ1) is 6.52. The minimum Gasteiger partial charge on any atom is -0.379 e. The van der Waals surface area contributed by atoms with Crippen LogP contribution < -0.4 is 5.32 Å². The summed E-state index contributed by atoms with van der Waals surface area (Å²) in [6, 6.07) is 0.266. The van der Waals surface area contributed by atoms with Crippen molar-refractivity contribution in [3.8, 4) is 0 Å². The van der Waals surface area contributed by atoms with Gasteiger partial charge in [-0.3, -0.25) is 0 Å². The molecule has 0 aliphatic rings. The standard InChI is InChI=1S/C11H25NO2/c1-8(2)11(13-6)10(12-5)7-14-9(3)4/h8-12H,7H2,1-6H3. The molecular weight excluding hydrogens is 178 g/mol. The summed E-state index contributed by atoms with van der Waals surface area (Å²) in [6.45, 7) is 9.11. The predicted octanol–water partition coefficient (Wildman–Crippen LogP) is 1.67. The van der Waals surface area contributed by atoms with Crippen molar-refractivity contribution in [1.29, 1.82) is 0 Å². The quantitative estimate of drug-likeness (QED) is 0.683. The Morgan fingerprint density at radius 1 is 1.14 bits per heavy atom. The molecule has 0 saturated heterocycles. The minimum atomic E-state index is 0.207. The first kappa shape index (κ1) is 13.9. The molecule has 3 nitrogen and oxygen atoms in total. The lowest BCUT2D eigenvalue weighted by Gasteiger charge is -2.29. The Hall–Kier alpha value is -0.120. The van der Waals surface area contributed by atoms with Crippen LogP contribution in [0.2, 0.25) is 0 Å². The van der Waals surface area contributed by atoms with Crippen LogP contribution in [0, 0.1) is 5.92 Å². The molecule has 0 aliphatic carbocycles. The van der Waals surface area contributed by atoms with Crippen molar-refractivity contribution >= 4 is 0 Å². The Labute approximate surface area is 88.2 Å². The Balaban J connectivity index is 4.08. The molecule has 0 heterocycles. The van der Waals surface area contributed by atoms with Gasteiger partial charge in [0, 0.05) is 7.11 Å². The van der Waals surface area contributed by atoms with E-state index in [2.05, 4.69) is 19.2 Å². The number of likely N-dealkylation sites (N-methyl/N-ethyl adjacent to an activating group) is 1. The average Bonchev–Trinajstić information content (AvgIpc) is 2.10. The van der Waals surface area contributed by atoms with Gasteiger partial charge in [0.1, 0.15) is 0 Å². The van der Waals surface area contributed by atoms with Gasteiger partial charge >= 0.3 is 0 Å². The lowest BCUT2D eigenvalue weighted by atomic mass is 10.00. The van der Waals surface area contributed by atoms with Crippen LogP contribution in [0.15, 0.2) is 0 Å². The van der Waals surface area contributed by atoms with E-state index in [-0.39, 0.29) is 18.2 Å². The zero-order chi connectivity index (χ0) is 11.1. The molecule has 0 aromatic heterocycles. The summed E-state index contributed by atoms with van der Waals surface area (Å²) in [5, 5.41) is 3.24. The Bertz CT molecular complexity index is 137. The number of rotatable bonds is 7. The average molecular weight is 203 g/mol. The molecule has 14 heavy (non-hydrogen) atoms. The van der Waals surface area contributed by atoms with Crippen molar-refractivity contribution in [2.24, 2.45) is 5.92 Å². The summed E-state index contributed by atoms with van der Waals surface area (Å²) in [5.41, 5.74) is 0. The second-order valence-corrected chi connectivity index (χ2v) is 4.22. The maximum Gasteiger partial charge on any atom is 0.0769 e. The predicted molar refractivity (Wildman–Crippen MR) is 59.6 cm³/mol. The van der Waals surface area contributed by atoms with Crippen LogP contribution in [-0.4, -0.2) is 39.0 Å². The maximum absolute atomic E-state index is 5.59. The van der Waals surface area contributed by atoms with Gasteiger partial charge in [-0.2, -0.15) is 0 Å². The van der Waals surface area contributed by atoms with Crippen LogP contribution >= 0.6 is 0 Å². The smallest absolute Gasteiger partial charge is 0.0769 e. The van der Waals surface area contributed by atoms with Crippen molar-refractivity contribution in [3.63, 3.8) is 0 Å². The number of nitrogens with one attached hydrogen (secondary N) is 1. The molecule has 1 N–H and O–H groups in total. The van der Waals surface area contributed by atoms with E-state index in [0.717, 1.165) is 0 Å². The van der Waals surface area contributed by atoms with E-state index in [1.807, 2.05) is 20.9 Å². The van der Waals surface area contributed by atoms with E-state index in [9.17, 15) is 0 Å². The molecule has 0 spiro atoms. The lowest BCUT2D eigenvalue weighted by molar-refractivity contribution is -0.0148. The first-order valence-corrected chi connectivity index (χ1v) is 5.34. The number of ether oxygens (including phenoxy) is 2. The van der Waals surface area contributed by atoms with Gasteiger partial charge in [-0.1, -0.05) is 13.8 Å². The second kappa shape index (κ2) is 7.21. The van der Waals surface area contributed by atoms with Gasteiger partial charge in [-0.25, -0.2) is 0 Å². The zero-order valence-electron chi connectivity index (χ0n) is 10.3. The van der Waals surface area contributed by atoms with Crippen molar-refractivity contribution in [2.45, 2.75) is 45.9 Å². The van der Waals surface area contributed by atoms with Gasteiger partial charge in [0.2, 0.25) is 0 Å². The van der Waals surface area contributed by atoms with E-state index in [0.29, 0.717) is 12.5 Å². The van der Waals surface area contributed by atoms with E-state index in [1.54, 1.807) is 7.11 Å². The van der Waals surface area contributed by atoms with E-state index < -0.39 is 0 Å². The monoisotopic (exact) mass is 203 g/mol. The van der Waals surface area contributed by atoms with E-state index >= 15 is 0 Å². The molecule has 0 aliphatic heterocycles. The van der Waals surface area contributed by atoms with Gasteiger partial charge < -0.3 is 14.8 Å². The summed E-state index contributed by atoms with van der Waals surface area (Å²) >= 11 is 0. The topological polar surface area (TPSA) is 30.5 Å². The van der Waals surface area contributed by atoms with E-state index in [1.165, 1.54) is 0 Å². The molecule has 0 bridgehead atoms. The number of hydrogen-bond acceptors (Lipinski definition) is 3. The maximum atomic E-state index is 5.59. The normalized spacial score (nSPS) is 16.3. The summed E-state index contributed by atoms with van der Waals surface area (Å²) < 4.78 is 11.0. The van der Waals surface area contributed by atoms with Crippen LogP contribution in [0.1, 0.15) is 27.7 Å². The highest BCUT2D eigenvalue weighted by Gasteiger charge is 2.23. The Kier molecular flexibility index (Phi) is 7.15. The fourth-order valence-corrected chi connectivity index (χ4v) is 1.54. The minimum absolute atomic E-state index is 0.207. The molecular formula is C11H25NO2. The summed E-state index contributed by atoms with van der Waals surface area (Å²) in [6.07, 6.45) is 0.481. The summed E-state index contributed by atoms with van der Waals surface area (Å²) in [7, 11) is 3.70. The van der Waals surface area contributed by atoms with Crippen LogP contribution in [0.4, 0.5) is 0 Å². The Morgan fingerprint density at radius 2 is 1.71 bits per heavy atom. The molecule has 0 aromatic carbocycles. The highest BCUT2D eigenvalue weighted by Crippen LogP contribution is 2.11. The molecule has 0 saturated carbocycles. The van der Waals surface area contributed by atoms with Crippen molar-refractivity contribution in [3.05, 3.63) is 0 Å². The van der Waals surface area contributed by atoms with Crippen molar-refractivity contribution < 1.29 is 9.47 Å². The molecule has 2 atom stereocenters. The molecule has 2 unspecified atom stereocenters. The summed E-state index contributed by atoms with van der Waals surface area (Å²) in [5.74, 6) is 0.494. The molecule has 0 amide bonds. The lowest BCUT2D eigenvalue weighted by Crippen LogP contribution is -2.45. The summed E-state index contributed by atoms with van der Waals surface area (Å²) in [4.78, 5) is 0. The highest BCUT2D eigenvalue weighted by atomic mass is 16.5.